The maximum atomic E-state index is 5.53. The van der Waals surface area contributed by atoms with E-state index >= 15 is 0 Å². The number of imidazole rings is 1. The molecule has 0 amide bonds. The van der Waals surface area contributed by atoms with Gasteiger partial charge in [0.05, 0.1) is 31.5 Å². The van der Waals surface area contributed by atoms with E-state index < -0.39 is 0 Å². The Balaban J connectivity index is 1.60. The number of aromatic amines is 1. The summed E-state index contributed by atoms with van der Waals surface area (Å²) in [6, 6.07) is 9.80. The van der Waals surface area contributed by atoms with Crippen molar-refractivity contribution >= 4 is 39.7 Å². The number of pyridine rings is 1. The van der Waals surface area contributed by atoms with E-state index in [1.165, 1.54) is 0 Å². The van der Waals surface area contributed by atoms with E-state index in [4.69, 9.17) is 21.7 Å². The Morgan fingerprint density at radius 3 is 2.92 bits per heavy atom. The van der Waals surface area contributed by atoms with Gasteiger partial charge in [-0.25, -0.2) is 9.97 Å². The topological polar surface area (TPSA) is 75.3 Å². The van der Waals surface area contributed by atoms with Crippen LogP contribution in [0.2, 0.25) is 0 Å². The van der Waals surface area contributed by atoms with E-state index in [1.54, 1.807) is 13.3 Å². The molecule has 1 aliphatic heterocycles. The normalized spacial score (nSPS) is 14.4. The van der Waals surface area contributed by atoms with Crippen LogP contribution in [0.1, 0.15) is 5.82 Å². The second-order valence-corrected chi connectivity index (χ2v) is 6.31. The molecule has 4 rings (SSSR count). The minimum Gasteiger partial charge on any atom is -0.495 e. The molecule has 1 fully saturated rings. The van der Waals surface area contributed by atoms with Gasteiger partial charge in [-0.05, 0) is 30.3 Å². The zero-order valence-electron chi connectivity index (χ0n) is 14.4. The molecule has 8 heteroatoms. The summed E-state index contributed by atoms with van der Waals surface area (Å²) in [5.74, 6) is 1.30. The first kappa shape index (κ1) is 16.7. The zero-order valence-corrected chi connectivity index (χ0v) is 15.2. The molecule has 2 N–H and O–H groups in total. The highest BCUT2D eigenvalue weighted by atomic mass is 32.1. The molecule has 1 saturated heterocycles. The third-order valence-corrected chi connectivity index (χ3v) is 4.58. The van der Waals surface area contributed by atoms with E-state index in [-0.39, 0.29) is 0 Å². The molecule has 3 aromatic rings. The summed E-state index contributed by atoms with van der Waals surface area (Å²) in [5.41, 5.74) is 3.39. The van der Waals surface area contributed by atoms with Gasteiger partial charge in [-0.1, -0.05) is 12.2 Å². The predicted molar refractivity (Wildman–Crippen MR) is 105 cm³/mol. The molecular weight excluding hydrogens is 350 g/mol. The minimum absolute atomic E-state index is 0.487. The van der Waals surface area contributed by atoms with Crippen LogP contribution in [0.5, 0.6) is 5.75 Å². The number of H-pyrrole nitrogens is 1. The van der Waals surface area contributed by atoms with Crippen LogP contribution in [-0.4, -0.2) is 53.4 Å². The summed E-state index contributed by atoms with van der Waals surface area (Å²) in [6.07, 6.45) is 1.71. The summed E-state index contributed by atoms with van der Waals surface area (Å²) < 4.78 is 10.9. The number of rotatable bonds is 4. The molecule has 0 aliphatic carbocycles. The quantitative estimate of drug-likeness (QED) is 0.685. The number of morpholine rings is 1. The van der Waals surface area contributed by atoms with Crippen LogP contribution >= 0.6 is 12.2 Å². The smallest absolute Gasteiger partial charge is 0.178 e. The number of nitrogens with one attached hydrogen (secondary N) is 2. The van der Waals surface area contributed by atoms with Gasteiger partial charge in [-0.3, -0.25) is 0 Å². The fourth-order valence-corrected chi connectivity index (χ4v) is 3.15. The number of fused-ring (bicyclic) bond motifs is 1. The molecule has 26 heavy (non-hydrogen) atoms. The largest absolute Gasteiger partial charge is 0.495 e. The number of hydrogen-bond donors (Lipinski definition) is 2. The first-order valence-electron chi connectivity index (χ1n) is 8.37. The molecule has 0 unspecified atom stereocenters. The lowest BCUT2D eigenvalue weighted by Crippen LogP contribution is -2.36. The van der Waals surface area contributed by atoms with E-state index in [0.29, 0.717) is 16.5 Å². The molecule has 0 spiro atoms. The minimum atomic E-state index is 0.487. The van der Waals surface area contributed by atoms with E-state index in [9.17, 15) is 0 Å². The maximum absolute atomic E-state index is 5.53. The Kier molecular flexibility index (Phi) is 4.68. The number of benzene rings is 1. The van der Waals surface area contributed by atoms with Crippen LogP contribution in [0.4, 0.5) is 11.4 Å². The average molecular weight is 369 g/mol. The van der Waals surface area contributed by atoms with Crippen LogP contribution in [-0.2, 0) is 4.74 Å². The predicted octanol–water partition coefficient (Wildman–Crippen LogP) is 2.59. The number of ether oxygens (including phenoxy) is 2. The third-order valence-electron chi connectivity index (χ3n) is 4.28. The fraction of sp³-hybridized carbons (Fsp3) is 0.278. The molecule has 7 nitrogen and oxygen atoms in total. The van der Waals surface area contributed by atoms with Gasteiger partial charge in [0.2, 0.25) is 0 Å². The van der Waals surface area contributed by atoms with Crippen molar-refractivity contribution in [1.29, 1.82) is 0 Å². The lowest BCUT2D eigenvalue weighted by atomic mass is 10.2. The molecule has 0 saturated carbocycles. The van der Waals surface area contributed by atoms with Crippen molar-refractivity contribution in [3.63, 3.8) is 0 Å². The Bertz CT molecular complexity index is 903. The Hall–Kier alpha value is -2.71. The zero-order chi connectivity index (χ0) is 17.9. The van der Waals surface area contributed by atoms with Crippen molar-refractivity contribution in [2.75, 3.05) is 43.6 Å². The molecule has 1 aromatic carbocycles. The van der Waals surface area contributed by atoms with Gasteiger partial charge in [0.25, 0.3) is 0 Å². The van der Waals surface area contributed by atoms with Crippen molar-refractivity contribution in [3.05, 3.63) is 42.4 Å². The summed E-state index contributed by atoms with van der Waals surface area (Å²) in [4.78, 5) is 14.6. The van der Waals surface area contributed by atoms with Gasteiger partial charge >= 0.3 is 0 Å². The maximum Gasteiger partial charge on any atom is 0.178 e. The number of thiocarbonyl (C=S) groups is 1. The molecule has 0 atom stereocenters. The number of nitrogens with zero attached hydrogens (tertiary/aromatic N) is 3. The van der Waals surface area contributed by atoms with Gasteiger partial charge in [0.15, 0.2) is 11.5 Å². The lowest BCUT2D eigenvalue weighted by molar-refractivity contribution is 0.122. The highest BCUT2D eigenvalue weighted by molar-refractivity contribution is 7.81. The number of hydrogen-bond acceptors (Lipinski definition) is 6. The summed E-state index contributed by atoms with van der Waals surface area (Å²) in [6.45, 7) is 3.20. The van der Waals surface area contributed by atoms with Crippen molar-refractivity contribution in [2.45, 2.75) is 0 Å². The monoisotopic (exact) mass is 369 g/mol. The standard InChI is InChI=1S/C18H19N5O2S/c1-24-15-5-4-12(23-7-9-25-10-8-23)11-14(15)21-18(26)17-20-13-3-2-6-19-16(13)22-17/h2-6,11H,7-10H2,1H3,(H,21,26)(H,19,20,22). The van der Waals surface area contributed by atoms with Crippen molar-refractivity contribution in [1.82, 2.24) is 15.0 Å². The van der Waals surface area contributed by atoms with Crippen LogP contribution in [0.3, 0.4) is 0 Å². The van der Waals surface area contributed by atoms with Crippen LogP contribution in [0.25, 0.3) is 11.2 Å². The summed E-state index contributed by atoms with van der Waals surface area (Å²) in [5, 5.41) is 3.25. The first-order chi connectivity index (χ1) is 12.7. The van der Waals surface area contributed by atoms with E-state index in [2.05, 4.69) is 25.2 Å². The summed E-state index contributed by atoms with van der Waals surface area (Å²) >= 11 is 5.53. The van der Waals surface area contributed by atoms with Gasteiger partial charge < -0.3 is 24.7 Å². The number of anilines is 2. The molecular formula is C18H19N5O2S. The Labute approximate surface area is 156 Å². The van der Waals surface area contributed by atoms with Crippen LogP contribution in [0, 0.1) is 0 Å². The van der Waals surface area contributed by atoms with Crippen LogP contribution < -0.4 is 15.0 Å². The van der Waals surface area contributed by atoms with Gasteiger partial charge in [-0.2, -0.15) is 0 Å². The van der Waals surface area contributed by atoms with Gasteiger partial charge in [-0.15, -0.1) is 0 Å². The molecule has 0 bridgehead atoms. The Morgan fingerprint density at radius 1 is 1.31 bits per heavy atom. The second-order valence-electron chi connectivity index (χ2n) is 5.90. The van der Waals surface area contributed by atoms with Crippen molar-refractivity contribution in [3.8, 4) is 5.75 Å². The SMILES string of the molecule is COc1ccc(N2CCOCC2)cc1NC(=S)c1nc2ncccc2[nH]1. The van der Waals surface area contributed by atoms with Gasteiger partial charge in [0.1, 0.15) is 10.7 Å². The average Bonchev–Trinajstić information content (AvgIpc) is 3.13. The van der Waals surface area contributed by atoms with Gasteiger partial charge in [0, 0.05) is 25.0 Å². The molecule has 3 heterocycles. The highest BCUT2D eigenvalue weighted by Gasteiger charge is 2.15. The number of methoxy groups -OCH3 is 1. The fourth-order valence-electron chi connectivity index (χ4n) is 2.95. The van der Waals surface area contributed by atoms with E-state index in [1.807, 2.05) is 30.3 Å². The van der Waals surface area contributed by atoms with Crippen LogP contribution in [0.15, 0.2) is 36.5 Å². The molecule has 0 radical (unpaired) electrons. The van der Waals surface area contributed by atoms with Crippen molar-refractivity contribution in [2.24, 2.45) is 0 Å². The third kappa shape index (κ3) is 3.33. The molecule has 2 aromatic heterocycles. The van der Waals surface area contributed by atoms with E-state index in [0.717, 1.165) is 48.9 Å². The highest BCUT2D eigenvalue weighted by Crippen LogP contribution is 2.30. The second kappa shape index (κ2) is 7.27. The van der Waals surface area contributed by atoms with Crippen molar-refractivity contribution < 1.29 is 9.47 Å². The molecule has 134 valence electrons. The first-order valence-corrected chi connectivity index (χ1v) is 8.78. The Morgan fingerprint density at radius 2 is 2.15 bits per heavy atom. The summed E-state index contributed by atoms with van der Waals surface area (Å²) in [7, 11) is 1.64. The molecule has 1 aliphatic rings. The number of aromatic nitrogens is 3. The lowest BCUT2D eigenvalue weighted by Gasteiger charge is -2.29.